The molecule has 0 saturated carbocycles. The van der Waals surface area contributed by atoms with E-state index in [1.54, 1.807) is 41.3 Å². The summed E-state index contributed by atoms with van der Waals surface area (Å²) >= 11 is 0. The molecule has 1 aromatic heterocycles. The molecule has 0 radical (unpaired) electrons. The molecule has 4 aromatic rings. The fraction of sp³-hybridized carbons (Fsp3) is 0.250. The minimum Gasteiger partial charge on any atom is -0.489 e. The third kappa shape index (κ3) is 8.83. The molecular weight excluding hydrogens is 548 g/mol. The number of nitrogens with one attached hydrogen (secondary N) is 2. The first-order valence-corrected chi connectivity index (χ1v) is 14.0. The number of aromatic amines is 1. The van der Waals surface area contributed by atoms with Gasteiger partial charge in [-0.3, -0.25) is 9.59 Å². The smallest absolute Gasteiger partial charge is 0.405 e. The molecule has 4 rings (SSSR count). The van der Waals surface area contributed by atoms with Gasteiger partial charge in [-0.05, 0) is 41.8 Å². The number of nitrogens with two attached hydrogens (primary N) is 1. The molecule has 43 heavy (non-hydrogen) atoms. The minimum atomic E-state index is -1.35. The molecule has 1 heterocycles. The summed E-state index contributed by atoms with van der Waals surface area (Å²) in [4.78, 5) is 49.1. The van der Waals surface area contributed by atoms with E-state index < -0.39 is 18.0 Å². The first-order chi connectivity index (χ1) is 20.8. The van der Waals surface area contributed by atoms with E-state index in [0.717, 1.165) is 11.1 Å². The van der Waals surface area contributed by atoms with E-state index in [0.29, 0.717) is 42.4 Å². The van der Waals surface area contributed by atoms with Crippen molar-refractivity contribution in [2.75, 3.05) is 23.7 Å². The van der Waals surface area contributed by atoms with Gasteiger partial charge in [0, 0.05) is 31.4 Å². The molecule has 0 fully saturated rings. The van der Waals surface area contributed by atoms with Gasteiger partial charge in [-0.15, -0.1) is 0 Å². The molecule has 3 amide bonds. The highest BCUT2D eigenvalue weighted by atomic mass is 16.5. The average Bonchev–Trinajstić information content (AvgIpc) is 3.52. The van der Waals surface area contributed by atoms with Crippen LogP contribution in [-0.4, -0.2) is 57.0 Å². The summed E-state index contributed by atoms with van der Waals surface area (Å²) < 4.78 is 5.89. The average molecular weight is 585 g/mol. The summed E-state index contributed by atoms with van der Waals surface area (Å²) in [5.41, 5.74) is 9.53. The molecular formula is C32H36N6O5. The lowest BCUT2D eigenvalue weighted by molar-refractivity contribution is -0.137. The number of para-hydroxylation sites is 2. The summed E-state index contributed by atoms with van der Waals surface area (Å²) in [6.07, 6.45) is 2.32. The number of nitrogens with zero attached hydrogens (tertiary/aromatic N) is 3. The standard InChI is InChI=1S/C32H36N6O5/c1-2-16-38(29-11-7-6-10-27(29)33)30(39)20-37(31(40)28(36-32(41)42)17-25-18-34-22-35-25)19-23-12-14-26(15-13-23)43-21-24-8-4-3-5-9-24/h3-15,18,22,28,36H,2,16-17,19-21,33H2,1H3,(H,34,35)(H,41,42). The Bertz CT molecular complexity index is 1480. The number of carbonyl (C=O) groups is 3. The zero-order valence-electron chi connectivity index (χ0n) is 24.0. The van der Waals surface area contributed by atoms with Gasteiger partial charge in [-0.2, -0.15) is 0 Å². The number of amides is 3. The number of aromatic nitrogens is 2. The molecule has 3 aromatic carbocycles. The highest BCUT2D eigenvalue weighted by Crippen LogP contribution is 2.24. The topological polar surface area (TPSA) is 154 Å². The molecule has 0 aliphatic heterocycles. The van der Waals surface area contributed by atoms with Gasteiger partial charge in [-0.1, -0.05) is 61.5 Å². The number of carboxylic acid groups (broad SMARTS) is 1. The van der Waals surface area contributed by atoms with E-state index >= 15 is 0 Å². The van der Waals surface area contributed by atoms with E-state index in [1.807, 2.05) is 49.4 Å². The molecule has 1 atom stereocenters. The second-order valence-corrected chi connectivity index (χ2v) is 10.00. The molecule has 11 nitrogen and oxygen atoms in total. The van der Waals surface area contributed by atoms with Crippen molar-refractivity contribution in [2.24, 2.45) is 0 Å². The molecule has 0 aliphatic rings. The van der Waals surface area contributed by atoms with Crippen LogP contribution in [0.1, 0.15) is 30.2 Å². The van der Waals surface area contributed by atoms with E-state index in [2.05, 4.69) is 15.3 Å². The third-order valence-corrected chi connectivity index (χ3v) is 6.73. The normalized spacial score (nSPS) is 11.4. The highest BCUT2D eigenvalue weighted by Gasteiger charge is 2.30. The first kappa shape index (κ1) is 30.6. The second-order valence-electron chi connectivity index (χ2n) is 10.00. The number of carbonyl (C=O) groups excluding carboxylic acids is 2. The van der Waals surface area contributed by atoms with Crippen LogP contribution in [-0.2, 0) is 29.2 Å². The zero-order valence-corrected chi connectivity index (χ0v) is 24.0. The number of nitrogen functional groups attached to an aromatic ring is 1. The molecule has 224 valence electrons. The third-order valence-electron chi connectivity index (χ3n) is 6.73. The van der Waals surface area contributed by atoms with Crippen LogP contribution in [0, 0.1) is 0 Å². The molecule has 1 unspecified atom stereocenters. The quantitative estimate of drug-likeness (QED) is 0.162. The lowest BCUT2D eigenvalue weighted by atomic mass is 10.1. The summed E-state index contributed by atoms with van der Waals surface area (Å²) in [6.45, 7) is 2.52. The predicted octanol–water partition coefficient (Wildman–Crippen LogP) is 4.22. The summed E-state index contributed by atoms with van der Waals surface area (Å²) in [6, 6.07) is 22.9. The van der Waals surface area contributed by atoms with Gasteiger partial charge in [0.1, 0.15) is 24.9 Å². The fourth-order valence-corrected chi connectivity index (χ4v) is 4.63. The molecule has 0 saturated heterocycles. The number of rotatable bonds is 14. The van der Waals surface area contributed by atoms with Gasteiger partial charge < -0.3 is 35.7 Å². The largest absolute Gasteiger partial charge is 0.489 e. The van der Waals surface area contributed by atoms with Crippen LogP contribution in [0.4, 0.5) is 16.2 Å². The van der Waals surface area contributed by atoms with Crippen molar-refractivity contribution in [3.05, 3.63) is 108 Å². The molecule has 11 heteroatoms. The van der Waals surface area contributed by atoms with Gasteiger partial charge in [0.15, 0.2) is 0 Å². The van der Waals surface area contributed by atoms with Crippen LogP contribution in [0.5, 0.6) is 5.75 Å². The van der Waals surface area contributed by atoms with Gasteiger partial charge in [0.05, 0.1) is 17.7 Å². The predicted molar refractivity (Wildman–Crippen MR) is 163 cm³/mol. The zero-order chi connectivity index (χ0) is 30.6. The minimum absolute atomic E-state index is 0.0341. The number of benzene rings is 3. The van der Waals surface area contributed by atoms with Gasteiger partial charge in [0.25, 0.3) is 0 Å². The van der Waals surface area contributed by atoms with Gasteiger partial charge >= 0.3 is 6.09 Å². The van der Waals surface area contributed by atoms with E-state index in [9.17, 15) is 19.5 Å². The fourth-order valence-electron chi connectivity index (χ4n) is 4.63. The Morgan fingerprint density at radius 2 is 1.72 bits per heavy atom. The number of hydrogen-bond acceptors (Lipinski definition) is 6. The Hall–Kier alpha value is -5.32. The van der Waals surface area contributed by atoms with Crippen molar-refractivity contribution in [3.8, 4) is 5.75 Å². The summed E-state index contributed by atoms with van der Waals surface area (Å²) in [7, 11) is 0. The monoisotopic (exact) mass is 584 g/mol. The molecule has 0 aliphatic carbocycles. The Kier molecular flexibility index (Phi) is 10.7. The first-order valence-electron chi connectivity index (χ1n) is 14.0. The van der Waals surface area contributed by atoms with Crippen LogP contribution >= 0.6 is 0 Å². The second kappa shape index (κ2) is 15.1. The Labute approximate surface area is 250 Å². The maximum Gasteiger partial charge on any atom is 0.405 e. The number of imidazole rings is 1. The Morgan fingerprint density at radius 1 is 1.00 bits per heavy atom. The number of H-pyrrole nitrogens is 1. The Balaban J connectivity index is 1.57. The van der Waals surface area contributed by atoms with Crippen LogP contribution in [0.15, 0.2) is 91.4 Å². The van der Waals surface area contributed by atoms with Crippen LogP contribution in [0.25, 0.3) is 0 Å². The molecule has 0 bridgehead atoms. The SMILES string of the molecule is CCCN(C(=O)CN(Cc1ccc(OCc2ccccc2)cc1)C(=O)C(Cc1cnc[nH]1)NC(=O)O)c1ccccc1N. The number of ether oxygens (including phenoxy) is 1. The van der Waals surface area contributed by atoms with Crippen molar-refractivity contribution in [3.63, 3.8) is 0 Å². The van der Waals surface area contributed by atoms with Crippen molar-refractivity contribution >= 4 is 29.3 Å². The van der Waals surface area contributed by atoms with Crippen LogP contribution in [0.3, 0.4) is 0 Å². The maximum atomic E-state index is 13.9. The number of hydrogen-bond donors (Lipinski definition) is 4. The van der Waals surface area contributed by atoms with Crippen molar-refractivity contribution < 1.29 is 24.2 Å². The number of anilines is 2. The lowest BCUT2D eigenvalue weighted by Gasteiger charge is -2.30. The van der Waals surface area contributed by atoms with E-state index in [-0.39, 0.29) is 25.4 Å². The maximum absolute atomic E-state index is 13.9. The van der Waals surface area contributed by atoms with Crippen molar-refractivity contribution in [2.45, 2.75) is 39.0 Å². The summed E-state index contributed by atoms with van der Waals surface area (Å²) in [5.74, 6) is -0.237. The van der Waals surface area contributed by atoms with E-state index in [4.69, 9.17) is 10.5 Å². The van der Waals surface area contributed by atoms with Crippen LogP contribution in [0.2, 0.25) is 0 Å². The molecule has 0 spiro atoms. The summed E-state index contributed by atoms with van der Waals surface area (Å²) in [5, 5.41) is 11.8. The van der Waals surface area contributed by atoms with E-state index in [1.165, 1.54) is 17.4 Å². The Morgan fingerprint density at radius 3 is 2.37 bits per heavy atom. The van der Waals surface area contributed by atoms with Gasteiger partial charge in [-0.25, -0.2) is 9.78 Å². The highest BCUT2D eigenvalue weighted by molar-refractivity contribution is 5.99. The van der Waals surface area contributed by atoms with Crippen molar-refractivity contribution in [1.82, 2.24) is 20.2 Å². The van der Waals surface area contributed by atoms with Gasteiger partial charge in [0.2, 0.25) is 11.8 Å². The lowest BCUT2D eigenvalue weighted by Crippen LogP contribution is -2.52. The van der Waals surface area contributed by atoms with Crippen LogP contribution < -0.4 is 20.7 Å². The van der Waals surface area contributed by atoms with Crippen molar-refractivity contribution in [1.29, 1.82) is 0 Å². The molecule has 5 N–H and O–H groups in total.